The summed E-state index contributed by atoms with van der Waals surface area (Å²) in [4.78, 5) is 28.0. The van der Waals surface area contributed by atoms with Crippen molar-refractivity contribution in [3.8, 4) is 0 Å². The Morgan fingerprint density at radius 2 is 1.58 bits per heavy atom. The summed E-state index contributed by atoms with van der Waals surface area (Å²) in [5.74, 6) is -0.0449. The van der Waals surface area contributed by atoms with Crippen LogP contribution < -0.4 is 20.9 Å². The Labute approximate surface area is 184 Å². The monoisotopic (exact) mass is 420 g/mol. The largest absolute Gasteiger partial charge is 0.371 e. The van der Waals surface area contributed by atoms with Gasteiger partial charge in [-0.3, -0.25) is 4.79 Å². The first-order valence-corrected chi connectivity index (χ1v) is 11.4. The quantitative estimate of drug-likeness (QED) is 0.614. The van der Waals surface area contributed by atoms with Crippen molar-refractivity contribution in [2.45, 2.75) is 57.9 Å². The molecule has 0 spiro atoms. The van der Waals surface area contributed by atoms with Gasteiger partial charge < -0.3 is 20.9 Å². The molecule has 6 nitrogen and oxygen atoms in total. The van der Waals surface area contributed by atoms with E-state index in [2.05, 4.69) is 20.9 Å². The number of amides is 3. The first-order valence-electron chi connectivity index (χ1n) is 11.4. The van der Waals surface area contributed by atoms with Crippen LogP contribution in [0.3, 0.4) is 0 Å². The Bertz CT molecular complexity index is 931. The minimum Gasteiger partial charge on any atom is -0.371 e. The van der Waals surface area contributed by atoms with Gasteiger partial charge in [-0.15, -0.1) is 0 Å². The van der Waals surface area contributed by atoms with Crippen molar-refractivity contribution in [3.63, 3.8) is 0 Å². The van der Waals surface area contributed by atoms with Gasteiger partial charge in [0.15, 0.2) is 0 Å². The molecule has 164 valence electrons. The minimum absolute atomic E-state index is 0.0449. The number of nitrogens with zero attached hydrogens (tertiary/aromatic N) is 1. The minimum atomic E-state index is -0.321. The predicted octanol–water partition coefficient (Wildman–Crippen LogP) is 5.30. The van der Waals surface area contributed by atoms with Crippen molar-refractivity contribution in [2.75, 3.05) is 28.6 Å². The highest BCUT2D eigenvalue weighted by Gasteiger charge is 2.23. The summed E-state index contributed by atoms with van der Waals surface area (Å²) in [6, 6.07) is 13.2. The van der Waals surface area contributed by atoms with Gasteiger partial charge in [0.1, 0.15) is 0 Å². The summed E-state index contributed by atoms with van der Waals surface area (Å²) < 4.78 is 0. The van der Waals surface area contributed by atoms with E-state index in [1.165, 1.54) is 19.3 Å². The molecule has 2 aromatic rings. The maximum Gasteiger partial charge on any atom is 0.323 e. The van der Waals surface area contributed by atoms with Gasteiger partial charge >= 0.3 is 6.03 Å². The molecule has 6 heteroatoms. The number of rotatable bonds is 5. The highest BCUT2D eigenvalue weighted by atomic mass is 16.2. The molecule has 3 N–H and O–H groups in total. The van der Waals surface area contributed by atoms with E-state index in [1.807, 2.05) is 49.4 Å². The van der Waals surface area contributed by atoms with E-state index in [-0.39, 0.29) is 18.0 Å². The number of urea groups is 1. The van der Waals surface area contributed by atoms with Crippen molar-refractivity contribution in [1.82, 2.24) is 5.32 Å². The molecule has 1 saturated heterocycles. The molecule has 0 bridgehead atoms. The van der Waals surface area contributed by atoms with Gasteiger partial charge in [-0.25, -0.2) is 4.79 Å². The lowest BCUT2D eigenvalue weighted by Gasteiger charge is -2.25. The molecular formula is C25H32N4O2. The van der Waals surface area contributed by atoms with Gasteiger partial charge in [0.05, 0.1) is 5.56 Å². The zero-order valence-corrected chi connectivity index (χ0v) is 18.2. The number of hydrogen-bond acceptors (Lipinski definition) is 3. The molecule has 0 radical (unpaired) electrons. The summed E-state index contributed by atoms with van der Waals surface area (Å²) in [5.41, 5.74) is 4.02. The summed E-state index contributed by atoms with van der Waals surface area (Å²) in [5, 5.41) is 8.96. The van der Waals surface area contributed by atoms with Gasteiger partial charge in [0, 0.05) is 36.2 Å². The van der Waals surface area contributed by atoms with Crippen molar-refractivity contribution >= 4 is 29.0 Å². The Morgan fingerprint density at radius 3 is 2.29 bits per heavy atom. The van der Waals surface area contributed by atoms with Crippen LogP contribution in [0.4, 0.5) is 21.9 Å². The number of benzene rings is 2. The number of hydrogen-bond donors (Lipinski definition) is 3. The number of anilines is 3. The van der Waals surface area contributed by atoms with E-state index in [4.69, 9.17) is 0 Å². The summed E-state index contributed by atoms with van der Waals surface area (Å²) >= 11 is 0. The normalized spacial score (nSPS) is 16.7. The number of nitrogens with one attached hydrogen (secondary N) is 3. The first kappa shape index (κ1) is 21.2. The van der Waals surface area contributed by atoms with Crippen LogP contribution in [0.2, 0.25) is 0 Å². The van der Waals surface area contributed by atoms with Crippen LogP contribution >= 0.6 is 0 Å². The van der Waals surface area contributed by atoms with Gasteiger partial charge in [-0.05, 0) is 68.5 Å². The fourth-order valence-corrected chi connectivity index (χ4v) is 4.56. The molecule has 3 amide bonds. The van der Waals surface area contributed by atoms with Crippen LogP contribution in [-0.4, -0.2) is 31.1 Å². The van der Waals surface area contributed by atoms with Crippen LogP contribution in [0.25, 0.3) is 0 Å². The van der Waals surface area contributed by atoms with E-state index in [0.29, 0.717) is 11.3 Å². The summed E-state index contributed by atoms with van der Waals surface area (Å²) in [7, 11) is 0. The van der Waals surface area contributed by atoms with Crippen molar-refractivity contribution in [3.05, 3.63) is 53.6 Å². The molecule has 1 saturated carbocycles. The summed E-state index contributed by atoms with van der Waals surface area (Å²) in [6.45, 7) is 3.91. The van der Waals surface area contributed by atoms with Gasteiger partial charge in [-0.2, -0.15) is 0 Å². The standard InChI is InChI=1S/C25H32N4O2/c1-18-8-7-11-20(16-18)27-25(31)28-21-12-13-23(29-14-5-6-15-29)22(17-21)24(30)26-19-9-3-2-4-10-19/h7-8,11-13,16-17,19H,2-6,9-10,14-15H2,1H3,(H,26,30)(H2,27,28,31). The lowest BCUT2D eigenvalue weighted by molar-refractivity contribution is 0.0928. The Hall–Kier alpha value is -3.02. The number of aryl methyl sites for hydroxylation is 1. The highest BCUT2D eigenvalue weighted by Crippen LogP contribution is 2.28. The summed E-state index contributed by atoms with van der Waals surface area (Å²) in [6.07, 6.45) is 7.96. The molecule has 2 aromatic carbocycles. The molecule has 4 rings (SSSR count). The Morgan fingerprint density at radius 1 is 0.871 bits per heavy atom. The average Bonchev–Trinajstić information content (AvgIpc) is 3.29. The molecular weight excluding hydrogens is 388 g/mol. The third-order valence-electron chi connectivity index (χ3n) is 6.16. The highest BCUT2D eigenvalue weighted by molar-refractivity contribution is 6.04. The lowest BCUT2D eigenvalue weighted by Crippen LogP contribution is -2.37. The Balaban J connectivity index is 1.50. The average molecular weight is 421 g/mol. The van der Waals surface area contributed by atoms with E-state index in [9.17, 15) is 9.59 Å². The molecule has 31 heavy (non-hydrogen) atoms. The maximum absolute atomic E-state index is 13.2. The Kier molecular flexibility index (Phi) is 6.75. The maximum atomic E-state index is 13.2. The molecule has 0 unspecified atom stereocenters. The number of carbonyl (C=O) groups excluding carboxylic acids is 2. The van der Waals surface area contributed by atoms with Crippen molar-refractivity contribution in [2.24, 2.45) is 0 Å². The molecule has 2 fully saturated rings. The van der Waals surface area contributed by atoms with Crippen molar-refractivity contribution < 1.29 is 9.59 Å². The molecule has 1 aliphatic carbocycles. The molecule has 1 aliphatic heterocycles. The zero-order chi connectivity index (χ0) is 21.6. The van der Waals surface area contributed by atoms with E-state index in [0.717, 1.165) is 55.7 Å². The second-order valence-electron chi connectivity index (χ2n) is 8.68. The first-order chi connectivity index (χ1) is 15.1. The second-order valence-corrected chi connectivity index (χ2v) is 8.68. The third kappa shape index (κ3) is 5.57. The fourth-order valence-electron chi connectivity index (χ4n) is 4.56. The lowest BCUT2D eigenvalue weighted by atomic mass is 9.95. The van der Waals surface area contributed by atoms with Crippen LogP contribution in [0.1, 0.15) is 60.9 Å². The third-order valence-corrected chi connectivity index (χ3v) is 6.16. The number of carbonyl (C=O) groups is 2. The van der Waals surface area contributed by atoms with Gasteiger partial charge in [0.25, 0.3) is 5.91 Å². The van der Waals surface area contributed by atoms with Crippen molar-refractivity contribution in [1.29, 1.82) is 0 Å². The fraction of sp³-hybridized carbons (Fsp3) is 0.440. The zero-order valence-electron chi connectivity index (χ0n) is 18.2. The second kappa shape index (κ2) is 9.86. The van der Waals surface area contributed by atoms with E-state index >= 15 is 0 Å². The van der Waals surface area contributed by atoms with Crippen LogP contribution in [0.15, 0.2) is 42.5 Å². The topological polar surface area (TPSA) is 73.5 Å². The molecule has 2 aliphatic rings. The SMILES string of the molecule is Cc1cccc(NC(=O)Nc2ccc(N3CCCC3)c(C(=O)NC3CCCCC3)c2)c1. The van der Waals surface area contributed by atoms with Crippen LogP contribution in [-0.2, 0) is 0 Å². The smallest absolute Gasteiger partial charge is 0.323 e. The predicted molar refractivity (Wildman–Crippen MR) is 126 cm³/mol. The van der Waals surface area contributed by atoms with Gasteiger partial charge in [-0.1, -0.05) is 31.4 Å². The van der Waals surface area contributed by atoms with Crippen LogP contribution in [0.5, 0.6) is 0 Å². The molecule has 0 aromatic heterocycles. The van der Waals surface area contributed by atoms with Crippen LogP contribution in [0, 0.1) is 6.92 Å². The van der Waals surface area contributed by atoms with E-state index < -0.39 is 0 Å². The molecule has 1 heterocycles. The van der Waals surface area contributed by atoms with Gasteiger partial charge in [0.2, 0.25) is 0 Å². The van der Waals surface area contributed by atoms with E-state index in [1.54, 1.807) is 0 Å². The molecule has 0 atom stereocenters.